The molecule has 1 aromatic rings. The van der Waals surface area contributed by atoms with E-state index in [1.807, 2.05) is 24.3 Å². The van der Waals surface area contributed by atoms with E-state index in [-0.39, 0.29) is 5.12 Å². The van der Waals surface area contributed by atoms with Crippen molar-refractivity contribution in [1.29, 1.82) is 5.26 Å². The Hall–Kier alpha value is -1.73. The van der Waals surface area contributed by atoms with E-state index in [4.69, 9.17) is 11.0 Å². The average molecular weight is 232 g/mol. The van der Waals surface area contributed by atoms with Crippen LogP contribution in [0.1, 0.15) is 18.1 Å². The first-order chi connectivity index (χ1) is 7.63. The Morgan fingerprint density at radius 1 is 1.62 bits per heavy atom. The monoisotopic (exact) mass is 232 g/mol. The number of carbonyl (C=O) groups excluding carboxylic acids is 1. The van der Waals surface area contributed by atoms with Crippen LogP contribution in [-0.2, 0) is 4.79 Å². The number of nitrogens with two attached hydrogens (primary N) is 1. The van der Waals surface area contributed by atoms with Crippen molar-refractivity contribution in [3.63, 3.8) is 0 Å². The second-order valence-electron chi connectivity index (χ2n) is 3.16. The summed E-state index contributed by atoms with van der Waals surface area (Å²) in [6.45, 7) is 1.54. The number of nitrogen functional groups attached to an aromatic ring is 1. The first-order valence-corrected chi connectivity index (χ1v) is 5.71. The van der Waals surface area contributed by atoms with Crippen molar-refractivity contribution in [3.05, 3.63) is 35.4 Å². The summed E-state index contributed by atoms with van der Waals surface area (Å²) in [5, 5.41) is 8.88. The molecular formula is C12H12N2OS. The van der Waals surface area contributed by atoms with Crippen LogP contribution < -0.4 is 5.73 Å². The van der Waals surface area contributed by atoms with Gasteiger partial charge in [0.25, 0.3) is 0 Å². The molecule has 1 aromatic carbocycles. The van der Waals surface area contributed by atoms with Gasteiger partial charge in [-0.25, -0.2) is 0 Å². The maximum atomic E-state index is 10.7. The highest BCUT2D eigenvalue weighted by Crippen LogP contribution is 2.14. The van der Waals surface area contributed by atoms with E-state index in [1.54, 1.807) is 12.1 Å². The predicted octanol–water partition coefficient (Wildman–Crippen LogP) is 2.43. The fourth-order valence-electron chi connectivity index (χ4n) is 1.12. The summed E-state index contributed by atoms with van der Waals surface area (Å²) in [5.41, 5.74) is 7.47. The SMILES string of the molecule is CC(=O)SCC=Cc1ccc(N)c(C#N)c1. The third-order valence-electron chi connectivity index (χ3n) is 1.89. The Morgan fingerprint density at radius 3 is 3.00 bits per heavy atom. The van der Waals surface area contributed by atoms with Gasteiger partial charge in [0, 0.05) is 18.4 Å². The number of thioether (sulfide) groups is 1. The maximum Gasteiger partial charge on any atom is 0.186 e. The second kappa shape index (κ2) is 5.99. The molecule has 2 N–H and O–H groups in total. The van der Waals surface area contributed by atoms with E-state index >= 15 is 0 Å². The van der Waals surface area contributed by atoms with E-state index in [9.17, 15) is 4.79 Å². The normalized spacial score (nSPS) is 10.2. The number of benzene rings is 1. The summed E-state index contributed by atoms with van der Waals surface area (Å²) in [6, 6.07) is 7.30. The molecule has 0 spiro atoms. The highest BCUT2D eigenvalue weighted by atomic mass is 32.2. The second-order valence-corrected chi connectivity index (χ2v) is 4.36. The zero-order chi connectivity index (χ0) is 12.0. The van der Waals surface area contributed by atoms with E-state index < -0.39 is 0 Å². The van der Waals surface area contributed by atoms with Gasteiger partial charge in [0.1, 0.15) is 6.07 Å². The molecule has 0 aliphatic heterocycles. The number of nitrogens with zero attached hydrogens (tertiary/aromatic N) is 1. The van der Waals surface area contributed by atoms with Crippen LogP contribution in [0.3, 0.4) is 0 Å². The van der Waals surface area contributed by atoms with Crippen molar-refractivity contribution < 1.29 is 4.79 Å². The van der Waals surface area contributed by atoms with Crippen LogP contribution in [0.15, 0.2) is 24.3 Å². The van der Waals surface area contributed by atoms with Crippen LogP contribution in [0.25, 0.3) is 6.08 Å². The van der Waals surface area contributed by atoms with Gasteiger partial charge in [-0.3, -0.25) is 4.79 Å². The molecule has 16 heavy (non-hydrogen) atoms. The van der Waals surface area contributed by atoms with Gasteiger partial charge in [0.05, 0.1) is 5.56 Å². The Morgan fingerprint density at radius 2 is 2.38 bits per heavy atom. The van der Waals surface area contributed by atoms with E-state index in [1.165, 1.54) is 18.7 Å². The molecule has 3 nitrogen and oxygen atoms in total. The average Bonchev–Trinajstić information content (AvgIpc) is 2.26. The largest absolute Gasteiger partial charge is 0.398 e. The molecule has 0 aliphatic carbocycles. The van der Waals surface area contributed by atoms with E-state index in [2.05, 4.69) is 0 Å². The molecule has 0 saturated carbocycles. The van der Waals surface area contributed by atoms with Crippen molar-refractivity contribution in [3.8, 4) is 6.07 Å². The lowest BCUT2D eigenvalue weighted by Gasteiger charge is -1.98. The maximum absolute atomic E-state index is 10.7. The van der Waals surface area contributed by atoms with Crippen molar-refractivity contribution in [2.45, 2.75) is 6.92 Å². The topological polar surface area (TPSA) is 66.9 Å². The van der Waals surface area contributed by atoms with Crippen LogP contribution in [-0.4, -0.2) is 10.9 Å². The Kier molecular flexibility index (Phi) is 4.62. The molecule has 1 rings (SSSR count). The lowest BCUT2D eigenvalue weighted by molar-refractivity contribution is -0.109. The van der Waals surface area contributed by atoms with Crippen molar-refractivity contribution >= 4 is 28.6 Å². The third kappa shape index (κ3) is 3.79. The summed E-state index contributed by atoms with van der Waals surface area (Å²) in [6.07, 6.45) is 3.76. The number of nitriles is 1. The number of hydrogen-bond acceptors (Lipinski definition) is 4. The standard InChI is InChI=1S/C12H12N2OS/c1-9(15)16-6-2-3-10-4-5-12(14)11(7-10)8-13/h2-5,7H,6,14H2,1H3. The van der Waals surface area contributed by atoms with E-state index in [0.717, 1.165) is 5.56 Å². The highest BCUT2D eigenvalue weighted by molar-refractivity contribution is 8.13. The minimum atomic E-state index is 0.0969. The highest BCUT2D eigenvalue weighted by Gasteiger charge is 1.97. The van der Waals surface area contributed by atoms with Gasteiger partial charge in [0.2, 0.25) is 0 Å². The fourth-order valence-corrected chi connectivity index (χ4v) is 1.55. The molecule has 82 valence electrons. The van der Waals surface area contributed by atoms with Gasteiger partial charge in [-0.1, -0.05) is 30.0 Å². The molecule has 0 fully saturated rings. The summed E-state index contributed by atoms with van der Waals surface area (Å²) >= 11 is 1.25. The molecule has 0 heterocycles. The van der Waals surface area contributed by atoms with Gasteiger partial charge in [-0.15, -0.1) is 0 Å². The van der Waals surface area contributed by atoms with Crippen LogP contribution in [0.2, 0.25) is 0 Å². The minimum Gasteiger partial charge on any atom is -0.398 e. The summed E-state index contributed by atoms with van der Waals surface area (Å²) in [4.78, 5) is 10.7. The molecule has 0 amide bonds. The smallest absolute Gasteiger partial charge is 0.186 e. The molecule has 0 saturated heterocycles. The molecule has 0 aromatic heterocycles. The van der Waals surface area contributed by atoms with Crippen molar-refractivity contribution in [2.24, 2.45) is 0 Å². The number of rotatable bonds is 3. The quantitative estimate of drug-likeness (QED) is 0.813. The van der Waals surface area contributed by atoms with Crippen LogP contribution >= 0.6 is 11.8 Å². The fraction of sp³-hybridized carbons (Fsp3) is 0.167. The van der Waals surface area contributed by atoms with Crippen molar-refractivity contribution in [1.82, 2.24) is 0 Å². The third-order valence-corrected chi connectivity index (χ3v) is 2.66. The molecule has 0 radical (unpaired) electrons. The number of anilines is 1. The molecule has 0 aliphatic rings. The lowest BCUT2D eigenvalue weighted by Crippen LogP contribution is -1.90. The molecule has 0 bridgehead atoms. The molecule has 4 heteroatoms. The molecule has 0 atom stereocenters. The van der Waals surface area contributed by atoms with Gasteiger partial charge < -0.3 is 5.73 Å². The zero-order valence-corrected chi connectivity index (χ0v) is 9.75. The van der Waals surface area contributed by atoms with Gasteiger partial charge in [0.15, 0.2) is 5.12 Å². The Balaban J connectivity index is 2.68. The molecular weight excluding hydrogens is 220 g/mol. The first-order valence-electron chi connectivity index (χ1n) is 4.73. The van der Waals surface area contributed by atoms with E-state index in [0.29, 0.717) is 17.0 Å². The first kappa shape index (κ1) is 12.3. The lowest BCUT2D eigenvalue weighted by atomic mass is 10.1. The Bertz CT molecular complexity index is 461. The molecule has 0 unspecified atom stereocenters. The summed E-state index contributed by atoms with van der Waals surface area (Å²) < 4.78 is 0. The van der Waals surface area contributed by atoms with Crippen LogP contribution in [0.4, 0.5) is 5.69 Å². The van der Waals surface area contributed by atoms with Crippen LogP contribution in [0, 0.1) is 11.3 Å². The van der Waals surface area contributed by atoms with Gasteiger partial charge in [-0.2, -0.15) is 5.26 Å². The van der Waals surface area contributed by atoms with Crippen molar-refractivity contribution in [2.75, 3.05) is 11.5 Å². The number of hydrogen-bond donors (Lipinski definition) is 1. The Labute approximate surface area is 98.9 Å². The van der Waals surface area contributed by atoms with Gasteiger partial charge in [-0.05, 0) is 17.7 Å². The minimum absolute atomic E-state index is 0.0969. The van der Waals surface area contributed by atoms with Gasteiger partial charge >= 0.3 is 0 Å². The number of carbonyl (C=O) groups is 1. The summed E-state index contributed by atoms with van der Waals surface area (Å²) in [5.74, 6) is 0.640. The summed E-state index contributed by atoms with van der Waals surface area (Å²) in [7, 11) is 0. The van der Waals surface area contributed by atoms with Crippen LogP contribution in [0.5, 0.6) is 0 Å². The zero-order valence-electron chi connectivity index (χ0n) is 8.93. The predicted molar refractivity (Wildman–Crippen MR) is 67.7 cm³/mol.